The molecule has 1 aliphatic carbocycles. The van der Waals surface area contributed by atoms with E-state index in [1.54, 1.807) is 36.5 Å². The molecule has 14 N–H and O–H groups in total. The number of hydrogen-bond acceptors (Lipinski definition) is 9. The van der Waals surface area contributed by atoms with Crippen LogP contribution in [0.15, 0.2) is 96.1 Å². The fourth-order valence-electron chi connectivity index (χ4n) is 9.63. The van der Waals surface area contributed by atoms with E-state index in [0.29, 0.717) is 49.7 Å². The molecule has 1 aromatic heterocycles. The van der Waals surface area contributed by atoms with Gasteiger partial charge >= 0.3 is 0 Å². The second kappa shape index (κ2) is 27.3. The molecule has 1 aliphatic heterocycles. The number of benzene rings is 3. The first kappa shape index (κ1) is 55.5. The molecule has 8 amide bonds. The molecule has 0 unspecified atom stereocenters. The van der Waals surface area contributed by atoms with E-state index in [-0.39, 0.29) is 76.3 Å². The Morgan fingerprint density at radius 2 is 1.36 bits per heavy atom. The number of fused-ring (bicyclic) bond motifs is 1. The van der Waals surface area contributed by atoms with Crippen molar-refractivity contribution in [2.75, 3.05) is 13.1 Å². The SMILES string of the molecule is CCCCC(=O)N[C@H]1CC(=O)NCCCC[C@@H](C(N)=O)NC(=O)[C@H](Cc2c[nH]c3ccccc23)NC(=O)[C@H](CCCN=C(N)N)NC(=O)[C@@H](Cc2ccccc2)NC(=O)C2(CCC(c3ccccc3)CC2)NC1=O. The van der Waals surface area contributed by atoms with Crippen molar-refractivity contribution in [1.29, 1.82) is 0 Å². The van der Waals surface area contributed by atoms with E-state index < -0.39 is 89.4 Å². The van der Waals surface area contributed by atoms with Crippen LogP contribution in [0, 0.1) is 0 Å². The molecule has 74 heavy (non-hydrogen) atoms. The number of nitrogens with two attached hydrogens (primary N) is 3. The summed E-state index contributed by atoms with van der Waals surface area (Å²) in [7, 11) is 0. The predicted octanol–water partition coefficient (Wildman–Crippen LogP) is 2.01. The second-order valence-corrected chi connectivity index (χ2v) is 19.3. The van der Waals surface area contributed by atoms with Gasteiger partial charge in [-0.1, -0.05) is 92.2 Å². The summed E-state index contributed by atoms with van der Waals surface area (Å²) >= 11 is 0. The summed E-state index contributed by atoms with van der Waals surface area (Å²) < 4.78 is 0. The molecule has 6 rings (SSSR count). The minimum Gasteiger partial charge on any atom is -0.370 e. The number of nitrogens with zero attached hydrogens (tertiary/aromatic N) is 1. The Morgan fingerprint density at radius 1 is 0.716 bits per heavy atom. The number of carbonyl (C=O) groups excluding carboxylic acids is 8. The Labute approximate surface area is 431 Å². The lowest BCUT2D eigenvalue weighted by atomic mass is 9.73. The molecule has 0 bridgehead atoms. The third-order valence-corrected chi connectivity index (χ3v) is 13.8. The Hall–Kier alpha value is -7.77. The van der Waals surface area contributed by atoms with Crippen molar-refractivity contribution in [2.24, 2.45) is 22.2 Å². The fourth-order valence-corrected chi connectivity index (χ4v) is 9.63. The van der Waals surface area contributed by atoms with Gasteiger partial charge in [-0.05, 0) is 92.9 Å². The number of aliphatic imine (C=N–C) groups is 1. The maximum atomic E-state index is 15.2. The van der Waals surface area contributed by atoms with Gasteiger partial charge in [0.1, 0.15) is 35.7 Å². The van der Waals surface area contributed by atoms with Crippen molar-refractivity contribution in [2.45, 2.75) is 145 Å². The molecule has 0 radical (unpaired) electrons. The van der Waals surface area contributed by atoms with Crippen LogP contribution in [0.1, 0.15) is 113 Å². The van der Waals surface area contributed by atoms with Gasteiger partial charge < -0.3 is 59.4 Å². The number of amides is 8. The van der Waals surface area contributed by atoms with Crippen LogP contribution >= 0.6 is 0 Å². The number of H-pyrrole nitrogens is 1. The normalized spacial score (nSPS) is 24.0. The Bertz CT molecular complexity index is 2590. The lowest BCUT2D eigenvalue weighted by Gasteiger charge is -2.41. The fraction of sp³-hybridized carbons (Fsp3) is 0.463. The van der Waals surface area contributed by atoms with Crippen LogP contribution in [0.3, 0.4) is 0 Å². The summed E-state index contributed by atoms with van der Waals surface area (Å²) in [6.07, 6.45) is 4.78. The van der Waals surface area contributed by atoms with Crippen LogP contribution in [0.25, 0.3) is 10.9 Å². The van der Waals surface area contributed by atoms with Crippen molar-refractivity contribution < 1.29 is 38.4 Å². The van der Waals surface area contributed by atoms with E-state index in [4.69, 9.17) is 17.2 Å². The number of aromatic nitrogens is 1. The quantitative estimate of drug-likeness (QED) is 0.0496. The summed E-state index contributed by atoms with van der Waals surface area (Å²) in [6.45, 7) is 2.14. The highest BCUT2D eigenvalue weighted by Gasteiger charge is 2.46. The summed E-state index contributed by atoms with van der Waals surface area (Å²) in [4.78, 5) is 121. The average Bonchev–Trinajstić information content (AvgIpc) is 3.80. The molecule has 5 atom stereocenters. The van der Waals surface area contributed by atoms with E-state index in [9.17, 15) is 33.6 Å². The lowest BCUT2D eigenvalue weighted by Crippen LogP contribution is -2.66. The van der Waals surface area contributed by atoms with E-state index >= 15 is 4.79 Å². The first-order chi connectivity index (χ1) is 35.6. The zero-order valence-electron chi connectivity index (χ0n) is 42.1. The first-order valence-electron chi connectivity index (χ1n) is 25.7. The van der Waals surface area contributed by atoms with Gasteiger partial charge in [-0.25, -0.2) is 0 Å². The molecular weight excluding hydrogens is 945 g/mol. The van der Waals surface area contributed by atoms with E-state index in [1.165, 1.54) is 0 Å². The molecule has 2 fully saturated rings. The van der Waals surface area contributed by atoms with E-state index in [1.807, 2.05) is 61.5 Å². The third-order valence-electron chi connectivity index (χ3n) is 13.8. The number of unbranched alkanes of at least 4 members (excludes halogenated alkanes) is 1. The largest absolute Gasteiger partial charge is 0.370 e. The molecule has 1 saturated carbocycles. The molecule has 1 saturated heterocycles. The standard InChI is InChI=1S/C54H72N12O8/c1-2-3-23-45(67)61-44-32-46(68)58-28-13-12-21-40(47(55)69)62-50(72)43(31-37-33-60-39-20-11-10-19-38(37)39)64-48(70)41(22-14-29-59-53(56)57)63-49(71)42(30-34-15-6-4-7-16-34)65-52(74)54(66-51(44)73)26-24-36(25-27-54)35-17-8-5-9-18-35/h4-11,15-20,33,36,40-44,60H,2-3,12-14,21-32H2,1H3,(H2,55,69)(H,58,68)(H,61,67)(H,62,72)(H,63,71)(H,64,70)(H,65,74)(H,66,73)(H4,56,57,59)/t36?,40-,41-,42+,43-,44-,54?/m0/s1. The van der Waals surface area contributed by atoms with Gasteiger partial charge in [0.2, 0.25) is 47.3 Å². The van der Waals surface area contributed by atoms with E-state index in [0.717, 1.165) is 16.5 Å². The van der Waals surface area contributed by atoms with Gasteiger partial charge in [0, 0.05) is 49.5 Å². The van der Waals surface area contributed by atoms with E-state index in [2.05, 4.69) is 47.2 Å². The van der Waals surface area contributed by atoms with Gasteiger partial charge in [0.25, 0.3) is 0 Å². The van der Waals surface area contributed by atoms with Crippen molar-refractivity contribution in [3.05, 3.63) is 108 Å². The lowest BCUT2D eigenvalue weighted by molar-refractivity contribution is -0.140. The number of guanidine groups is 1. The molecule has 2 aliphatic rings. The summed E-state index contributed by atoms with van der Waals surface area (Å²) in [5.41, 5.74) is 18.7. The highest BCUT2D eigenvalue weighted by Crippen LogP contribution is 2.38. The van der Waals surface area contributed by atoms with Gasteiger partial charge in [0.15, 0.2) is 5.96 Å². The molecule has 396 valence electrons. The summed E-state index contributed by atoms with van der Waals surface area (Å²) in [5.74, 6) is -5.55. The molecule has 2 heterocycles. The van der Waals surface area contributed by atoms with Crippen molar-refractivity contribution in [1.82, 2.24) is 42.2 Å². The number of para-hydroxylation sites is 1. The molecular formula is C54H72N12O8. The Balaban J connectivity index is 1.39. The predicted molar refractivity (Wildman–Crippen MR) is 280 cm³/mol. The molecule has 3 aromatic carbocycles. The zero-order valence-corrected chi connectivity index (χ0v) is 42.1. The van der Waals surface area contributed by atoms with Crippen molar-refractivity contribution in [3.8, 4) is 0 Å². The first-order valence-corrected chi connectivity index (χ1v) is 25.7. The highest BCUT2D eigenvalue weighted by molar-refractivity contribution is 6.00. The van der Waals surface area contributed by atoms with Crippen LogP contribution < -0.4 is 54.4 Å². The Kier molecular flexibility index (Phi) is 20.5. The number of aromatic amines is 1. The molecule has 20 heteroatoms. The van der Waals surface area contributed by atoms with Crippen LogP contribution in [0.4, 0.5) is 0 Å². The maximum Gasteiger partial charge on any atom is 0.246 e. The smallest absolute Gasteiger partial charge is 0.246 e. The number of primary amides is 1. The number of rotatable bonds is 14. The van der Waals surface area contributed by atoms with Crippen molar-refractivity contribution in [3.63, 3.8) is 0 Å². The van der Waals surface area contributed by atoms with Crippen LogP contribution in [0.2, 0.25) is 0 Å². The monoisotopic (exact) mass is 1020 g/mol. The van der Waals surface area contributed by atoms with Crippen LogP contribution in [-0.4, -0.2) is 107 Å². The molecule has 20 nitrogen and oxygen atoms in total. The minimum absolute atomic E-state index is 0.00924. The maximum absolute atomic E-state index is 15.2. The molecule has 4 aromatic rings. The van der Waals surface area contributed by atoms with Gasteiger partial charge in [-0.15, -0.1) is 0 Å². The van der Waals surface area contributed by atoms with Crippen LogP contribution in [0.5, 0.6) is 0 Å². The molecule has 1 spiro atoms. The summed E-state index contributed by atoms with van der Waals surface area (Å²) in [5, 5.41) is 20.7. The van der Waals surface area contributed by atoms with Gasteiger partial charge in [-0.2, -0.15) is 0 Å². The minimum atomic E-state index is -1.60. The topological polar surface area (TPSA) is 327 Å². The number of carbonyl (C=O) groups is 8. The average molecular weight is 1020 g/mol. The van der Waals surface area contributed by atoms with Crippen molar-refractivity contribution >= 4 is 64.1 Å². The van der Waals surface area contributed by atoms with Gasteiger partial charge in [0.05, 0.1) is 6.42 Å². The number of nitrogens with one attached hydrogen (secondary N) is 8. The second-order valence-electron chi connectivity index (χ2n) is 19.3. The zero-order chi connectivity index (χ0) is 53.0. The number of hydrogen-bond donors (Lipinski definition) is 11. The third kappa shape index (κ3) is 16.1. The highest BCUT2D eigenvalue weighted by atomic mass is 16.2. The summed E-state index contributed by atoms with van der Waals surface area (Å²) in [6, 6.07) is 19.7. The Morgan fingerprint density at radius 3 is 2.07 bits per heavy atom. The van der Waals surface area contributed by atoms with Crippen LogP contribution in [-0.2, 0) is 51.2 Å². The van der Waals surface area contributed by atoms with Gasteiger partial charge in [-0.3, -0.25) is 43.3 Å².